The summed E-state index contributed by atoms with van der Waals surface area (Å²) in [5.74, 6) is -1.90. The van der Waals surface area contributed by atoms with Crippen molar-refractivity contribution in [3.63, 3.8) is 0 Å². The number of piperidine rings is 1. The third-order valence-electron chi connectivity index (χ3n) is 6.69. The van der Waals surface area contributed by atoms with Gasteiger partial charge in [-0.05, 0) is 51.6 Å². The van der Waals surface area contributed by atoms with Crippen molar-refractivity contribution in [2.75, 3.05) is 26.0 Å². The Kier molecular flexibility index (Phi) is 5.36. The number of likely N-dealkylation sites (N-methyl/N-ethyl adjacent to an activating group) is 2. The van der Waals surface area contributed by atoms with Crippen molar-refractivity contribution in [1.82, 2.24) is 15.1 Å². The van der Waals surface area contributed by atoms with E-state index in [-0.39, 0.29) is 18.7 Å². The van der Waals surface area contributed by atoms with Crippen LogP contribution in [0.15, 0.2) is 18.2 Å². The van der Waals surface area contributed by atoms with Crippen LogP contribution in [0, 0.1) is 0 Å². The summed E-state index contributed by atoms with van der Waals surface area (Å²) in [6.07, 6.45) is 4.87. The molecule has 1 saturated heterocycles. The number of carbonyl (C=O) groups excluding carboxylic acids is 4. The van der Waals surface area contributed by atoms with Crippen LogP contribution in [0.1, 0.15) is 59.2 Å². The van der Waals surface area contributed by atoms with Crippen LogP contribution >= 0.6 is 0 Å². The lowest BCUT2D eigenvalue weighted by atomic mass is 9.88. The first kappa shape index (κ1) is 20.5. The molecule has 0 spiro atoms. The molecule has 3 atom stereocenters. The topological polar surface area (TPSA) is 90.0 Å². The Morgan fingerprint density at radius 1 is 0.900 bits per heavy atom. The molecule has 3 aliphatic rings. The molecule has 1 aromatic carbocycles. The summed E-state index contributed by atoms with van der Waals surface area (Å²) in [7, 11) is 6.23. The zero-order valence-electron chi connectivity index (χ0n) is 17.7. The molecule has 8 heteroatoms. The van der Waals surface area contributed by atoms with Gasteiger partial charge in [0.05, 0.1) is 11.1 Å². The van der Waals surface area contributed by atoms with Crippen LogP contribution in [0.4, 0.5) is 5.69 Å². The molecule has 1 aliphatic carbocycles. The molecule has 160 valence electrons. The number of nitrogens with zero attached hydrogens (tertiary/aromatic N) is 3. The highest BCUT2D eigenvalue weighted by Gasteiger charge is 2.45. The first-order chi connectivity index (χ1) is 14.3. The Labute approximate surface area is 176 Å². The third kappa shape index (κ3) is 3.39. The first-order valence-corrected chi connectivity index (χ1v) is 10.5. The van der Waals surface area contributed by atoms with E-state index in [4.69, 9.17) is 0 Å². The van der Waals surface area contributed by atoms with Crippen LogP contribution in [-0.4, -0.2) is 72.7 Å². The molecule has 1 aromatic rings. The maximum absolute atomic E-state index is 13.1. The molecular weight excluding hydrogens is 384 g/mol. The average Bonchev–Trinajstić information content (AvgIpc) is 2.97. The highest BCUT2D eigenvalue weighted by Crippen LogP contribution is 2.33. The average molecular weight is 412 g/mol. The van der Waals surface area contributed by atoms with E-state index >= 15 is 0 Å². The van der Waals surface area contributed by atoms with Gasteiger partial charge in [-0.3, -0.25) is 29.4 Å². The quantitative estimate of drug-likeness (QED) is 0.752. The maximum Gasteiger partial charge on any atom is 0.262 e. The summed E-state index contributed by atoms with van der Waals surface area (Å²) >= 11 is 0. The van der Waals surface area contributed by atoms with Gasteiger partial charge in [0, 0.05) is 31.2 Å². The van der Waals surface area contributed by atoms with E-state index in [1.54, 1.807) is 12.1 Å². The number of nitrogens with one attached hydrogen (secondary N) is 1. The number of benzene rings is 1. The molecule has 4 amide bonds. The number of hydrogen-bond donors (Lipinski definition) is 1. The molecule has 2 fully saturated rings. The van der Waals surface area contributed by atoms with Crippen LogP contribution in [0.25, 0.3) is 0 Å². The second kappa shape index (κ2) is 7.83. The fraction of sp³-hybridized carbons (Fsp3) is 0.545. The van der Waals surface area contributed by atoms with E-state index in [0.717, 1.165) is 23.4 Å². The van der Waals surface area contributed by atoms with Crippen molar-refractivity contribution in [2.24, 2.45) is 0 Å². The monoisotopic (exact) mass is 412 g/mol. The summed E-state index contributed by atoms with van der Waals surface area (Å²) in [4.78, 5) is 55.1. The molecule has 4 rings (SSSR count). The molecule has 2 aliphatic heterocycles. The van der Waals surface area contributed by atoms with Gasteiger partial charge >= 0.3 is 0 Å². The fourth-order valence-corrected chi connectivity index (χ4v) is 5.02. The molecule has 0 radical (unpaired) electrons. The van der Waals surface area contributed by atoms with Crippen molar-refractivity contribution < 1.29 is 19.2 Å². The van der Waals surface area contributed by atoms with Crippen LogP contribution in [0.5, 0.6) is 0 Å². The minimum Gasteiger partial charge on any atom is -0.370 e. The van der Waals surface area contributed by atoms with Gasteiger partial charge in [-0.2, -0.15) is 0 Å². The maximum atomic E-state index is 13.1. The Hall–Kier alpha value is -2.74. The Balaban J connectivity index is 1.60. The van der Waals surface area contributed by atoms with Gasteiger partial charge in [0.1, 0.15) is 6.04 Å². The Bertz CT molecular complexity index is 912. The number of carbonyl (C=O) groups is 4. The largest absolute Gasteiger partial charge is 0.370 e. The van der Waals surface area contributed by atoms with Crippen LogP contribution in [0.3, 0.4) is 0 Å². The Morgan fingerprint density at radius 3 is 2.23 bits per heavy atom. The second-order valence-corrected chi connectivity index (χ2v) is 8.67. The molecule has 8 nitrogen and oxygen atoms in total. The normalized spacial score (nSPS) is 26.8. The van der Waals surface area contributed by atoms with Crippen molar-refractivity contribution in [1.29, 1.82) is 0 Å². The van der Waals surface area contributed by atoms with Gasteiger partial charge in [-0.15, -0.1) is 0 Å². The van der Waals surface area contributed by atoms with Gasteiger partial charge in [0.2, 0.25) is 11.8 Å². The SMILES string of the molecule is CN(C)C1CCCCC1N(C)c1ccc2c(c1)C(=O)N(C1CCC(=O)NC1=O)C2=O. The van der Waals surface area contributed by atoms with Crippen LogP contribution in [-0.2, 0) is 9.59 Å². The van der Waals surface area contributed by atoms with Gasteiger partial charge in [0.15, 0.2) is 0 Å². The number of rotatable bonds is 4. The molecule has 0 bridgehead atoms. The predicted octanol–water partition coefficient (Wildman–Crippen LogP) is 1.40. The van der Waals surface area contributed by atoms with E-state index in [1.165, 1.54) is 12.8 Å². The lowest BCUT2D eigenvalue weighted by Crippen LogP contribution is -2.54. The standard InChI is InChI=1S/C22H28N4O4/c1-24(2)16-6-4-5-7-17(16)25(3)13-8-9-14-15(12-13)22(30)26(21(14)29)18-10-11-19(27)23-20(18)28/h8-9,12,16-18H,4-7,10-11H2,1-3H3,(H,23,27,28). The fourth-order valence-electron chi connectivity index (χ4n) is 5.02. The zero-order chi connectivity index (χ0) is 21.6. The van der Waals surface area contributed by atoms with Crippen LogP contribution < -0.4 is 10.2 Å². The second-order valence-electron chi connectivity index (χ2n) is 8.67. The smallest absolute Gasteiger partial charge is 0.262 e. The molecule has 1 N–H and O–H groups in total. The van der Waals surface area contributed by atoms with Crippen molar-refractivity contribution in [3.05, 3.63) is 29.3 Å². The highest BCUT2D eigenvalue weighted by atomic mass is 16.2. The minimum atomic E-state index is -0.937. The predicted molar refractivity (Wildman–Crippen MR) is 111 cm³/mol. The summed E-state index contributed by atoms with van der Waals surface area (Å²) < 4.78 is 0. The number of hydrogen-bond acceptors (Lipinski definition) is 6. The molecule has 3 unspecified atom stereocenters. The number of fused-ring (bicyclic) bond motifs is 1. The molecule has 30 heavy (non-hydrogen) atoms. The van der Waals surface area contributed by atoms with Gasteiger partial charge in [-0.1, -0.05) is 12.8 Å². The van der Waals surface area contributed by atoms with Crippen molar-refractivity contribution >= 4 is 29.3 Å². The summed E-state index contributed by atoms with van der Waals surface area (Å²) in [6, 6.07) is 5.13. The number of anilines is 1. The van der Waals surface area contributed by atoms with E-state index < -0.39 is 23.8 Å². The Morgan fingerprint density at radius 2 is 1.57 bits per heavy atom. The van der Waals surface area contributed by atoms with E-state index in [9.17, 15) is 19.2 Å². The summed E-state index contributed by atoms with van der Waals surface area (Å²) in [5.41, 5.74) is 1.53. The van der Waals surface area contributed by atoms with E-state index in [2.05, 4.69) is 29.2 Å². The zero-order valence-corrected chi connectivity index (χ0v) is 17.7. The van der Waals surface area contributed by atoms with Crippen LogP contribution in [0.2, 0.25) is 0 Å². The third-order valence-corrected chi connectivity index (χ3v) is 6.69. The lowest BCUT2D eigenvalue weighted by molar-refractivity contribution is -0.136. The molecule has 1 saturated carbocycles. The van der Waals surface area contributed by atoms with Gasteiger partial charge < -0.3 is 9.80 Å². The summed E-state index contributed by atoms with van der Waals surface area (Å²) in [5, 5.41) is 2.23. The number of imide groups is 2. The highest BCUT2D eigenvalue weighted by molar-refractivity contribution is 6.23. The number of amides is 4. The van der Waals surface area contributed by atoms with E-state index in [1.807, 2.05) is 13.1 Å². The minimum absolute atomic E-state index is 0.116. The van der Waals surface area contributed by atoms with Gasteiger partial charge in [-0.25, -0.2) is 0 Å². The van der Waals surface area contributed by atoms with E-state index in [0.29, 0.717) is 23.2 Å². The van der Waals surface area contributed by atoms with Gasteiger partial charge in [0.25, 0.3) is 11.8 Å². The summed E-state index contributed by atoms with van der Waals surface area (Å²) in [6.45, 7) is 0. The molecular formula is C22H28N4O4. The van der Waals surface area contributed by atoms with Crippen molar-refractivity contribution in [3.8, 4) is 0 Å². The lowest BCUT2D eigenvalue weighted by Gasteiger charge is -2.42. The molecule has 0 aromatic heterocycles. The molecule has 2 heterocycles. The van der Waals surface area contributed by atoms with Crippen molar-refractivity contribution in [2.45, 2.75) is 56.7 Å². The first-order valence-electron chi connectivity index (χ1n) is 10.5.